The first-order valence-electron chi connectivity index (χ1n) is 8.99. The SMILES string of the molecule is COc1ccc(C)cc1COC(=O)c1ccc(OC)c(S(=O)(=O)NC(C)(C)C)c1. The maximum Gasteiger partial charge on any atom is 0.338 e. The molecule has 0 unspecified atom stereocenters. The summed E-state index contributed by atoms with van der Waals surface area (Å²) in [5.41, 5.74) is 1.13. The molecule has 0 aliphatic carbocycles. The molecule has 0 saturated carbocycles. The van der Waals surface area contributed by atoms with Crippen LogP contribution >= 0.6 is 0 Å². The Morgan fingerprint density at radius 3 is 2.21 bits per heavy atom. The van der Waals surface area contributed by atoms with E-state index in [1.54, 1.807) is 33.9 Å². The highest BCUT2D eigenvalue weighted by Crippen LogP contribution is 2.27. The van der Waals surface area contributed by atoms with Gasteiger partial charge in [-0.05, 0) is 58.0 Å². The van der Waals surface area contributed by atoms with Gasteiger partial charge in [-0.15, -0.1) is 0 Å². The maximum atomic E-state index is 12.7. The summed E-state index contributed by atoms with van der Waals surface area (Å²) >= 11 is 0. The average Bonchev–Trinajstić information content (AvgIpc) is 2.63. The third kappa shape index (κ3) is 5.95. The van der Waals surface area contributed by atoms with E-state index in [0.717, 1.165) is 11.1 Å². The monoisotopic (exact) mass is 421 g/mol. The second kappa shape index (κ2) is 8.84. The molecule has 0 radical (unpaired) electrons. The molecule has 1 N–H and O–H groups in total. The van der Waals surface area contributed by atoms with Crippen LogP contribution in [0.1, 0.15) is 42.3 Å². The third-order valence-electron chi connectivity index (χ3n) is 3.92. The fourth-order valence-electron chi connectivity index (χ4n) is 2.72. The molecule has 0 aliphatic rings. The normalized spacial score (nSPS) is 11.8. The first-order chi connectivity index (χ1) is 13.5. The van der Waals surface area contributed by atoms with Gasteiger partial charge in [-0.25, -0.2) is 17.9 Å². The van der Waals surface area contributed by atoms with Gasteiger partial charge < -0.3 is 14.2 Å². The molecule has 8 heteroatoms. The van der Waals surface area contributed by atoms with E-state index in [2.05, 4.69) is 4.72 Å². The van der Waals surface area contributed by atoms with Gasteiger partial charge in [0.2, 0.25) is 10.0 Å². The van der Waals surface area contributed by atoms with Crippen LogP contribution in [0.3, 0.4) is 0 Å². The lowest BCUT2D eigenvalue weighted by Gasteiger charge is -2.21. The lowest BCUT2D eigenvalue weighted by atomic mass is 10.1. The Morgan fingerprint density at radius 2 is 1.62 bits per heavy atom. The zero-order valence-electron chi connectivity index (χ0n) is 17.5. The van der Waals surface area contributed by atoms with E-state index in [0.29, 0.717) is 5.75 Å². The molecule has 0 heterocycles. The van der Waals surface area contributed by atoms with Crippen molar-refractivity contribution in [3.63, 3.8) is 0 Å². The molecular formula is C21H27NO6S. The van der Waals surface area contributed by atoms with Crippen LogP contribution in [0, 0.1) is 6.92 Å². The van der Waals surface area contributed by atoms with E-state index >= 15 is 0 Å². The lowest BCUT2D eigenvalue weighted by molar-refractivity contribution is 0.0469. The molecule has 0 atom stereocenters. The van der Waals surface area contributed by atoms with Gasteiger partial charge in [-0.2, -0.15) is 0 Å². The van der Waals surface area contributed by atoms with Crippen LogP contribution in [0.25, 0.3) is 0 Å². The number of methoxy groups -OCH3 is 2. The molecule has 0 aliphatic heterocycles. The Kier molecular flexibility index (Phi) is 6.92. The molecule has 7 nitrogen and oxygen atoms in total. The minimum atomic E-state index is -3.90. The third-order valence-corrected chi connectivity index (χ3v) is 5.70. The van der Waals surface area contributed by atoms with E-state index in [4.69, 9.17) is 14.2 Å². The summed E-state index contributed by atoms with van der Waals surface area (Å²) in [7, 11) is -0.994. The second-order valence-electron chi connectivity index (χ2n) is 7.61. The molecule has 0 saturated heterocycles. The van der Waals surface area contributed by atoms with E-state index < -0.39 is 21.5 Å². The summed E-state index contributed by atoms with van der Waals surface area (Å²) in [5.74, 6) is 0.0952. The molecule has 2 aromatic rings. The second-order valence-corrected chi connectivity index (χ2v) is 9.26. The maximum absolute atomic E-state index is 12.7. The number of rotatable bonds is 7. The van der Waals surface area contributed by atoms with Crippen LogP contribution in [-0.4, -0.2) is 34.1 Å². The van der Waals surface area contributed by atoms with Crippen LogP contribution in [0.5, 0.6) is 11.5 Å². The molecule has 0 aromatic heterocycles. The van der Waals surface area contributed by atoms with Crippen LogP contribution in [0.15, 0.2) is 41.3 Å². The van der Waals surface area contributed by atoms with E-state index in [1.165, 1.54) is 25.3 Å². The zero-order valence-corrected chi connectivity index (χ0v) is 18.3. The number of benzene rings is 2. The summed E-state index contributed by atoms with van der Waals surface area (Å²) in [4.78, 5) is 12.4. The van der Waals surface area contributed by atoms with E-state index in [1.807, 2.05) is 19.1 Å². The molecular weight excluding hydrogens is 394 g/mol. The highest BCUT2D eigenvalue weighted by Gasteiger charge is 2.26. The minimum absolute atomic E-state index is 0.00194. The predicted molar refractivity (Wildman–Crippen MR) is 110 cm³/mol. The first kappa shape index (κ1) is 22.7. The van der Waals surface area contributed by atoms with Crippen LogP contribution in [0.2, 0.25) is 0 Å². The first-order valence-corrected chi connectivity index (χ1v) is 10.5. The molecule has 0 bridgehead atoms. The van der Waals surface area contributed by atoms with Gasteiger partial charge in [0, 0.05) is 11.1 Å². The van der Waals surface area contributed by atoms with E-state index in [9.17, 15) is 13.2 Å². The minimum Gasteiger partial charge on any atom is -0.496 e. The largest absolute Gasteiger partial charge is 0.496 e. The summed E-state index contributed by atoms with van der Waals surface area (Å²) in [6.45, 7) is 7.10. The Hall–Kier alpha value is -2.58. The summed E-state index contributed by atoms with van der Waals surface area (Å²) in [6.07, 6.45) is 0. The molecule has 2 rings (SSSR count). The summed E-state index contributed by atoms with van der Waals surface area (Å²) in [6, 6.07) is 9.71. The smallest absolute Gasteiger partial charge is 0.338 e. The Labute approximate surface area is 172 Å². The quantitative estimate of drug-likeness (QED) is 0.689. The average molecular weight is 422 g/mol. The number of sulfonamides is 1. The number of ether oxygens (including phenoxy) is 3. The van der Waals surface area contributed by atoms with Crippen molar-refractivity contribution >= 4 is 16.0 Å². The van der Waals surface area contributed by atoms with Crippen molar-refractivity contribution in [3.8, 4) is 11.5 Å². The standard InChI is InChI=1S/C21H27NO6S/c1-14-7-9-17(26-5)16(11-14)13-28-20(23)15-8-10-18(27-6)19(12-15)29(24,25)22-21(2,3)4/h7-12,22H,13H2,1-6H3. The zero-order chi connectivity index (χ0) is 21.8. The van der Waals surface area contributed by atoms with Gasteiger partial charge in [-0.1, -0.05) is 11.6 Å². The van der Waals surface area contributed by atoms with Crippen molar-refractivity contribution < 1.29 is 27.4 Å². The fourth-order valence-corrected chi connectivity index (χ4v) is 4.33. The molecule has 158 valence electrons. The van der Waals surface area contributed by atoms with Crippen LogP contribution in [0.4, 0.5) is 0 Å². The molecule has 2 aromatic carbocycles. The van der Waals surface area contributed by atoms with Crippen molar-refractivity contribution in [1.82, 2.24) is 4.72 Å². The van der Waals surface area contributed by atoms with Crippen molar-refractivity contribution in [1.29, 1.82) is 0 Å². The van der Waals surface area contributed by atoms with Crippen molar-refractivity contribution in [2.24, 2.45) is 0 Å². The van der Waals surface area contributed by atoms with Gasteiger partial charge in [0.05, 0.1) is 19.8 Å². The highest BCUT2D eigenvalue weighted by molar-refractivity contribution is 7.89. The summed E-state index contributed by atoms with van der Waals surface area (Å²) in [5, 5.41) is 0. The Balaban J connectivity index is 2.29. The molecule has 29 heavy (non-hydrogen) atoms. The van der Waals surface area contributed by atoms with Gasteiger partial charge >= 0.3 is 5.97 Å². The topological polar surface area (TPSA) is 90.9 Å². The van der Waals surface area contributed by atoms with Gasteiger partial charge in [0.25, 0.3) is 0 Å². The fraction of sp³-hybridized carbons (Fsp3) is 0.381. The van der Waals surface area contributed by atoms with Crippen LogP contribution < -0.4 is 14.2 Å². The van der Waals surface area contributed by atoms with Gasteiger partial charge in [0.15, 0.2) is 0 Å². The number of esters is 1. The number of carbonyl (C=O) groups is 1. The molecule has 0 spiro atoms. The molecule has 0 fully saturated rings. The van der Waals surface area contributed by atoms with Crippen molar-refractivity contribution in [2.45, 2.75) is 44.7 Å². The number of aryl methyl sites for hydroxylation is 1. The van der Waals surface area contributed by atoms with Crippen molar-refractivity contribution in [2.75, 3.05) is 14.2 Å². The van der Waals surface area contributed by atoms with E-state index in [-0.39, 0.29) is 22.8 Å². The van der Waals surface area contributed by atoms with Crippen molar-refractivity contribution in [3.05, 3.63) is 53.1 Å². The molecule has 0 amide bonds. The number of hydrogen-bond acceptors (Lipinski definition) is 6. The number of nitrogens with one attached hydrogen (secondary N) is 1. The van der Waals surface area contributed by atoms with Gasteiger partial charge in [0.1, 0.15) is 23.0 Å². The van der Waals surface area contributed by atoms with Gasteiger partial charge in [-0.3, -0.25) is 0 Å². The number of carbonyl (C=O) groups excluding carboxylic acids is 1. The lowest BCUT2D eigenvalue weighted by Crippen LogP contribution is -2.40. The van der Waals surface area contributed by atoms with Crippen LogP contribution in [-0.2, 0) is 21.4 Å². The Bertz CT molecular complexity index is 993. The number of hydrogen-bond donors (Lipinski definition) is 1. The Morgan fingerprint density at radius 1 is 1.00 bits per heavy atom. The highest BCUT2D eigenvalue weighted by atomic mass is 32.2. The summed E-state index contributed by atoms with van der Waals surface area (Å²) < 4.78 is 43.9. The predicted octanol–water partition coefficient (Wildman–Crippen LogP) is 3.45.